The number of amides is 1. The normalized spacial score (nSPS) is 10.4. The zero-order chi connectivity index (χ0) is 16.1. The lowest BCUT2D eigenvalue weighted by molar-refractivity contribution is 0.0945. The molecule has 0 radical (unpaired) electrons. The lowest BCUT2D eigenvalue weighted by Gasteiger charge is -2.02. The quantitative estimate of drug-likeness (QED) is 0.705. The van der Waals surface area contributed by atoms with Gasteiger partial charge in [-0.05, 0) is 30.2 Å². The molecule has 0 aliphatic heterocycles. The van der Waals surface area contributed by atoms with Gasteiger partial charge in [0.05, 0.1) is 0 Å². The molecule has 0 aliphatic carbocycles. The van der Waals surface area contributed by atoms with Crippen LogP contribution < -0.4 is 11.1 Å². The summed E-state index contributed by atoms with van der Waals surface area (Å²) in [5, 5.41) is 6.62. The SMILES string of the molecule is Nc1cccc(-c2cc(C(=O)NCCc3cccnc3)no2)c1. The fourth-order valence-corrected chi connectivity index (χ4v) is 2.17. The average molecular weight is 308 g/mol. The smallest absolute Gasteiger partial charge is 0.273 e. The number of carbonyl (C=O) groups excluding carboxylic acids is 1. The first-order valence-electron chi connectivity index (χ1n) is 7.22. The highest BCUT2D eigenvalue weighted by Crippen LogP contribution is 2.22. The molecule has 0 fully saturated rings. The molecule has 2 heterocycles. The first-order valence-corrected chi connectivity index (χ1v) is 7.22. The van der Waals surface area contributed by atoms with E-state index in [0.29, 0.717) is 24.4 Å². The predicted octanol–water partition coefficient (Wildman–Crippen LogP) is 2.29. The number of nitrogens with two attached hydrogens (primary N) is 1. The van der Waals surface area contributed by atoms with E-state index in [9.17, 15) is 4.79 Å². The van der Waals surface area contributed by atoms with E-state index in [-0.39, 0.29) is 11.6 Å². The van der Waals surface area contributed by atoms with Crippen molar-refractivity contribution in [3.63, 3.8) is 0 Å². The Labute approximate surface area is 133 Å². The Balaban J connectivity index is 1.60. The molecule has 0 bridgehead atoms. The second kappa shape index (κ2) is 6.74. The zero-order valence-electron chi connectivity index (χ0n) is 12.4. The predicted molar refractivity (Wildman–Crippen MR) is 86.6 cm³/mol. The third kappa shape index (κ3) is 3.74. The molecule has 3 rings (SSSR count). The van der Waals surface area contributed by atoms with Crippen LogP contribution in [0.25, 0.3) is 11.3 Å². The third-order valence-corrected chi connectivity index (χ3v) is 3.34. The van der Waals surface area contributed by atoms with Gasteiger partial charge in [0.15, 0.2) is 11.5 Å². The molecule has 0 saturated heterocycles. The highest BCUT2D eigenvalue weighted by Gasteiger charge is 2.13. The summed E-state index contributed by atoms with van der Waals surface area (Å²) in [7, 11) is 0. The molecule has 0 spiro atoms. The van der Waals surface area contributed by atoms with Crippen molar-refractivity contribution < 1.29 is 9.32 Å². The standard InChI is InChI=1S/C17H16N4O2/c18-14-5-1-4-13(9-14)16-10-15(21-23-16)17(22)20-8-6-12-3-2-7-19-11-12/h1-5,7,9-11H,6,8,18H2,(H,20,22). The number of hydrogen-bond acceptors (Lipinski definition) is 5. The van der Waals surface area contributed by atoms with Crippen molar-refractivity contribution in [1.29, 1.82) is 0 Å². The first-order chi connectivity index (χ1) is 11.2. The second-order valence-corrected chi connectivity index (χ2v) is 5.07. The van der Waals surface area contributed by atoms with Crippen LogP contribution in [0.15, 0.2) is 59.4 Å². The molecule has 1 aromatic carbocycles. The molecule has 3 N–H and O–H groups in total. The average Bonchev–Trinajstić information content (AvgIpc) is 3.06. The number of pyridine rings is 1. The summed E-state index contributed by atoms with van der Waals surface area (Å²) in [6.07, 6.45) is 4.20. The molecule has 0 atom stereocenters. The Morgan fingerprint density at radius 3 is 2.91 bits per heavy atom. The number of aromatic nitrogens is 2. The van der Waals surface area contributed by atoms with Crippen LogP contribution in [0.1, 0.15) is 16.1 Å². The largest absolute Gasteiger partial charge is 0.399 e. The molecule has 6 heteroatoms. The van der Waals surface area contributed by atoms with Crippen molar-refractivity contribution in [2.24, 2.45) is 0 Å². The van der Waals surface area contributed by atoms with Gasteiger partial charge in [-0.15, -0.1) is 0 Å². The van der Waals surface area contributed by atoms with Crippen LogP contribution in [0.2, 0.25) is 0 Å². The Morgan fingerprint density at radius 2 is 2.13 bits per heavy atom. The first kappa shape index (κ1) is 14.8. The minimum absolute atomic E-state index is 0.244. The van der Waals surface area contributed by atoms with Crippen LogP contribution in [0.3, 0.4) is 0 Å². The summed E-state index contributed by atoms with van der Waals surface area (Å²) in [6.45, 7) is 0.505. The molecular formula is C17H16N4O2. The number of nitrogens with zero attached hydrogens (tertiary/aromatic N) is 2. The third-order valence-electron chi connectivity index (χ3n) is 3.34. The minimum atomic E-state index is -0.271. The maximum absolute atomic E-state index is 12.1. The van der Waals surface area contributed by atoms with Gasteiger partial charge in [0.25, 0.3) is 5.91 Å². The van der Waals surface area contributed by atoms with Gasteiger partial charge in [0.2, 0.25) is 0 Å². The van der Waals surface area contributed by atoms with Gasteiger partial charge in [-0.1, -0.05) is 23.4 Å². The summed E-state index contributed by atoms with van der Waals surface area (Å²) in [5.41, 5.74) is 8.45. The fraction of sp³-hybridized carbons (Fsp3) is 0.118. The van der Waals surface area contributed by atoms with Crippen molar-refractivity contribution in [2.75, 3.05) is 12.3 Å². The van der Waals surface area contributed by atoms with Crippen molar-refractivity contribution in [1.82, 2.24) is 15.5 Å². The van der Waals surface area contributed by atoms with E-state index in [0.717, 1.165) is 11.1 Å². The lowest BCUT2D eigenvalue weighted by atomic mass is 10.1. The summed E-state index contributed by atoms with van der Waals surface area (Å²) >= 11 is 0. The molecule has 0 aliphatic rings. The van der Waals surface area contributed by atoms with Gasteiger partial charge >= 0.3 is 0 Å². The van der Waals surface area contributed by atoms with Crippen molar-refractivity contribution in [3.05, 3.63) is 66.1 Å². The maximum atomic E-state index is 12.1. The molecule has 23 heavy (non-hydrogen) atoms. The Hall–Kier alpha value is -3.15. The number of carbonyl (C=O) groups is 1. The van der Waals surface area contributed by atoms with E-state index in [1.165, 1.54) is 0 Å². The molecule has 116 valence electrons. The fourth-order valence-electron chi connectivity index (χ4n) is 2.17. The molecule has 6 nitrogen and oxygen atoms in total. The van der Waals surface area contributed by atoms with E-state index in [1.54, 1.807) is 30.6 Å². The number of nitrogen functional groups attached to an aromatic ring is 1. The minimum Gasteiger partial charge on any atom is -0.399 e. The van der Waals surface area contributed by atoms with Gasteiger partial charge in [-0.2, -0.15) is 0 Å². The van der Waals surface area contributed by atoms with Crippen LogP contribution in [-0.4, -0.2) is 22.6 Å². The molecule has 3 aromatic rings. The number of nitrogens with one attached hydrogen (secondary N) is 1. The molecule has 0 saturated carbocycles. The van der Waals surface area contributed by atoms with Gasteiger partial charge < -0.3 is 15.6 Å². The highest BCUT2D eigenvalue weighted by molar-refractivity contribution is 5.93. The number of anilines is 1. The summed E-state index contributed by atoms with van der Waals surface area (Å²) in [4.78, 5) is 16.1. The number of benzene rings is 1. The molecule has 0 unspecified atom stereocenters. The topological polar surface area (TPSA) is 94.0 Å². The van der Waals surface area contributed by atoms with Crippen LogP contribution >= 0.6 is 0 Å². The number of rotatable bonds is 5. The molecular weight excluding hydrogens is 292 g/mol. The van der Waals surface area contributed by atoms with Crippen LogP contribution in [0.4, 0.5) is 5.69 Å². The summed E-state index contributed by atoms with van der Waals surface area (Å²) in [6, 6.07) is 12.7. The number of hydrogen-bond donors (Lipinski definition) is 2. The van der Waals surface area contributed by atoms with Crippen LogP contribution in [0.5, 0.6) is 0 Å². The van der Waals surface area contributed by atoms with E-state index < -0.39 is 0 Å². The van der Waals surface area contributed by atoms with Crippen LogP contribution in [0, 0.1) is 0 Å². The summed E-state index contributed by atoms with van der Waals surface area (Å²) in [5.74, 6) is 0.238. The highest BCUT2D eigenvalue weighted by atomic mass is 16.5. The monoisotopic (exact) mass is 308 g/mol. The second-order valence-electron chi connectivity index (χ2n) is 5.07. The van der Waals surface area contributed by atoms with Gasteiger partial charge in [-0.3, -0.25) is 9.78 Å². The van der Waals surface area contributed by atoms with E-state index in [2.05, 4.69) is 15.5 Å². The molecule has 2 aromatic heterocycles. The molecule has 1 amide bonds. The Morgan fingerprint density at radius 1 is 1.22 bits per heavy atom. The van der Waals surface area contributed by atoms with E-state index >= 15 is 0 Å². The van der Waals surface area contributed by atoms with Gasteiger partial charge in [0.1, 0.15) is 0 Å². The van der Waals surface area contributed by atoms with Crippen molar-refractivity contribution in [2.45, 2.75) is 6.42 Å². The van der Waals surface area contributed by atoms with Crippen molar-refractivity contribution >= 4 is 11.6 Å². The van der Waals surface area contributed by atoms with Gasteiger partial charge in [0, 0.05) is 36.3 Å². The summed E-state index contributed by atoms with van der Waals surface area (Å²) < 4.78 is 5.22. The van der Waals surface area contributed by atoms with E-state index in [4.69, 9.17) is 10.3 Å². The Kier molecular flexibility index (Phi) is 4.33. The zero-order valence-corrected chi connectivity index (χ0v) is 12.4. The van der Waals surface area contributed by atoms with Gasteiger partial charge in [-0.25, -0.2) is 0 Å². The maximum Gasteiger partial charge on any atom is 0.273 e. The van der Waals surface area contributed by atoms with E-state index in [1.807, 2.05) is 24.3 Å². The van der Waals surface area contributed by atoms with Crippen molar-refractivity contribution in [3.8, 4) is 11.3 Å². The van der Waals surface area contributed by atoms with Crippen LogP contribution in [-0.2, 0) is 6.42 Å². The lowest BCUT2D eigenvalue weighted by Crippen LogP contribution is -2.25. The Bertz CT molecular complexity index is 799.